The summed E-state index contributed by atoms with van der Waals surface area (Å²) in [6, 6.07) is 3.86. The van der Waals surface area contributed by atoms with Gasteiger partial charge in [0.25, 0.3) is 0 Å². The first-order chi connectivity index (χ1) is 8.48. The molecule has 1 radical (unpaired) electrons. The Bertz CT molecular complexity index is 438. The van der Waals surface area contributed by atoms with E-state index in [4.69, 9.17) is 0 Å². The van der Waals surface area contributed by atoms with Crippen molar-refractivity contribution in [1.82, 2.24) is 0 Å². The van der Waals surface area contributed by atoms with Crippen molar-refractivity contribution in [2.75, 3.05) is 0 Å². The summed E-state index contributed by atoms with van der Waals surface area (Å²) < 4.78 is 0. The Kier molecular flexibility index (Phi) is 4.14. The second-order valence-electron chi connectivity index (χ2n) is 7.30. The molecule has 1 unspecified atom stereocenters. The molecule has 0 saturated carbocycles. The molecule has 1 rings (SSSR count). The maximum absolute atomic E-state index is 10.9. The van der Waals surface area contributed by atoms with Crippen LogP contribution in [0.15, 0.2) is 12.1 Å². The van der Waals surface area contributed by atoms with Crippen LogP contribution in [0.4, 0.5) is 0 Å². The predicted molar refractivity (Wildman–Crippen MR) is 79.6 cm³/mol. The summed E-state index contributed by atoms with van der Waals surface area (Å²) >= 11 is 0. The van der Waals surface area contributed by atoms with E-state index in [2.05, 4.69) is 41.5 Å². The highest BCUT2D eigenvalue weighted by Gasteiger charge is 2.27. The number of hydrogen-bond acceptors (Lipinski definition) is 2. The van der Waals surface area contributed by atoms with Crippen molar-refractivity contribution in [3.8, 4) is 5.75 Å². The fourth-order valence-electron chi connectivity index (χ4n) is 2.12. The minimum atomic E-state index is -0.275. The van der Waals surface area contributed by atoms with Gasteiger partial charge in [0, 0.05) is 5.92 Å². The maximum Gasteiger partial charge on any atom is 0.206 e. The molecular weight excluding hydrogens is 236 g/mol. The largest absolute Gasteiger partial charge is 0.507 e. The Hall–Kier alpha value is -1.31. The number of rotatable bonds is 2. The van der Waals surface area contributed by atoms with E-state index < -0.39 is 0 Å². The van der Waals surface area contributed by atoms with Gasteiger partial charge < -0.3 is 5.11 Å². The number of aromatic hydroxyl groups is 1. The van der Waals surface area contributed by atoms with E-state index in [1.807, 2.05) is 25.3 Å². The molecule has 19 heavy (non-hydrogen) atoms. The van der Waals surface area contributed by atoms with Crippen LogP contribution in [-0.2, 0) is 15.6 Å². The molecule has 0 saturated heterocycles. The summed E-state index contributed by atoms with van der Waals surface area (Å²) in [5, 5.41) is 10.5. The van der Waals surface area contributed by atoms with Gasteiger partial charge in [-0.15, -0.1) is 0 Å². The van der Waals surface area contributed by atoms with Crippen molar-refractivity contribution >= 4 is 6.29 Å². The zero-order valence-electron chi connectivity index (χ0n) is 13.1. The third-order valence-corrected chi connectivity index (χ3v) is 3.43. The quantitative estimate of drug-likeness (QED) is 0.866. The number of benzene rings is 1. The monoisotopic (exact) mass is 261 g/mol. The molecule has 0 aromatic heterocycles. The molecule has 0 aliphatic rings. The molecule has 0 bridgehead atoms. The van der Waals surface area contributed by atoms with E-state index in [-0.39, 0.29) is 16.7 Å². The molecule has 0 amide bonds. The van der Waals surface area contributed by atoms with E-state index in [0.717, 1.165) is 16.7 Å². The van der Waals surface area contributed by atoms with E-state index in [9.17, 15) is 9.90 Å². The molecular formula is C17H25O2. The molecule has 0 aliphatic heterocycles. The summed E-state index contributed by atoms with van der Waals surface area (Å²) in [6.45, 7) is 14.2. The van der Waals surface area contributed by atoms with Gasteiger partial charge in [-0.2, -0.15) is 0 Å². The molecule has 0 fully saturated rings. The molecule has 2 heteroatoms. The van der Waals surface area contributed by atoms with Crippen LogP contribution >= 0.6 is 0 Å². The number of phenols is 1. The molecule has 105 valence electrons. The van der Waals surface area contributed by atoms with Gasteiger partial charge in [-0.05, 0) is 27.5 Å². The molecule has 0 spiro atoms. The van der Waals surface area contributed by atoms with Crippen LogP contribution in [-0.4, -0.2) is 11.4 Å². The summed E-state index contributed by atoms with van der Waals surface area (Å²) in [7, 11) is 0. The molecule has 0 heterocycles. The van der Waals surface area contributed by atoms with Crippen LogP contribution < -0.4 is 0 Å². The summed E-state index contributed by atoms with van der Waals surface area (Å²) in [5.74, 6) is 0.0737. The van der Waals surface area contributed by atoms with Crippen molar-refractivity contribution in [2.24, 2.45) is 0 Å². The maximum atomic E-state index is 10.9. The second kappa shape index (κ2) is 4.99. The van der Waals surface area contributed by atoms with Crippen molar-refractivity contribution in [3.05, 3.63) is 28.8 Å². The fraction of sp³-hybridized carbons (Fsp3) is 0.588. The highest BCUT2D eigenvalue weighted by Crippen LogP contribution is 2.40. The molecule has 0 aliphatic carbocycles. The van der Waals surface area contributed by atoms with E-state index >= 15 is 0 Å². The second-order valence-corrected chi connectivity index (χ2v) is 7.30. The molecule has 1 atom stereocenters. The molecule has 2 nitrogen and oxygen atoms in total. The average molecular weight is 261 g/mol. The predicted octanol–water partition coefficient (Wildman–Crippen LogP) is 4.20. The SMILES string of the molecule is CC([C]=O)c1cc(C(C)(C)C)c(O)c(C(C)(C)C)c1. The van der Waals surface area contributed by atoms with Gasteiger partial charge >= 0.3 is 0 Å². The summed E-state index contributed by atoms with van der Waals surface area (Å²) in [5.41, 5.74) is 2.36. The normalized spacial score (nSPS) is 14.3. The zero-order chi connectivity index (χ0) is 15.0. The zero-order valence-corrected chi connectivity index (χ0v) is 13.1. The van der Waals surface area contributed by atoms with Crippen LogP contribution in [0.3, 0.4) is 0 Å². The van der Waals surface area contributed by atoms with Gasteiger partial charge in [0.15, 0.2) is 0 Å². The van der Waals surface area contributed by atoms with Crippen LogP contribution in [0.5, 0.6) is 5.75 Å². The Morgan fingerprint density at radius 1 is 1.00 bits per heavy atom. The van der Waals surface area contributed by atoms with Gasteiger partial charge in [0.2, 0.25) is 6.29 Å². The average Bonchev–Trinajstić information content (AvgIpc) is 2.25. The van der Waals surface area contributed by atoms with Crippen LogP contribution in [0.1, 0.15) is 71.1 Å². The van der Waals surface area contributed by atoms with Gasteiger partial charge in [-0.3, -0.25) is 4.79 Å². The molecule has 1 N–H and O–H groups in total. The van der Waals surface area contributed by atoms with Gasteiger partial charge in [0.1, 0.15) is 5.75 Å². The van der Waals surface area contributed by atoms with E-state index in [0.29, 0.717) is 5.75 Å². The fourth-order valence-corrected chi connectivity index (χ4v) is 2.12. The number of carbonyl (C=O) groups excluding carboxylic acids is 1. The lowest BCUT2D eigenvalue weighted by Gasteiger charge is -2.28. The molecule has 1 aromatic carbocycles. The Labute approximate surface area is 116 Å². The first-order valence-corrected chi connectivity index (χ1v) is 6.74. The van der Waals surface area contributed by atoms with Crippen molar-refractivity contribution in [2.45, 2.75) is 65.2 Å². The third-order valence-electron chi connectivity index (χ3n) is 3.43. The smallest absolute Gasteiger partial charge is 0.206 e. The minimum Gasteiger partial charge on any atom is -0.507 e. The van der Waals surface area contributed by atoms with Crippen LogP contribution in [0.2, 0.25) is 0 Å². The van der Waals surface area contributed by atoms with Gasteiger partial charge in [-0.25, -0.2) is 0 Å². The number of phenolic OH excluding ortho intramolecular Hbond substituents is 1. The highest BCUT2D eigenvalue weighted by molar-refractivity contribution is 5.64. The lowest BCUT2D eigenvalue weighted by atomic mass is 9.77. The van der Waals surface area contributed by atoms with Crippen LogP contribution in [0.25, 0.3) is 0 Å². The van der Waals surface area contributed by atoms with Crippen molar-refractivity contribution < 1.29 is 9.90 Å². The van der Waals surface area contributed by atoms with E-state index in [1.165, 1.54) is 0 Å². The van der Waals surface area contributed by atoms with Gasteiger partial charge in [-0.1, -0.05) is 60.6 Å². The lowest BCUT2D eigenvalue weighted by Crippen LogP contribution is -2.18. The van der Waals surface area contributed by atoms with Crippen molar-refractivity contribution in [3.63, 3.8) is 0 Å². The highest BCUT2D eigenvalue weighted by atomic mass is 16.3. The van der Waals surface area contributed by atoms with E-state index in [1.54, 1.807) is 0 Å². The third kappa shape index (κ3) is 3.37. The Morgan fingerprint density at radius 2 is 1.37 bits per heavy atom. The first-order valence-electron chi connectivity index (χ1n) is 6.74. The standard InChI is InChI=1S/C17H25O2/c1-11(10-18)12-8-13(16(2,3)4)15(19)14(9-12)17(5,6)7/h8-9,11,19H,1-7H3. The summed E-state index contributed by atoms with van der Waals surface area (Å²) in [6.07, 6.45) is 2.03. The summed E-state index contributed by atoms with van der Waals surface area (Å²) in [4.78, 5) is 10.9. The minimum absolute atomic E-state index is 0.164. The number of hydrogen-bond donors (Lipinski definition) is 1. The Morgan fingerprint density at radius 3 is 1.63 bits per heavy atom. The molecule has 1 aromatic rings. The van der Waals surface area contributed by atoms with Gasteiger partial charge in [0.05, 0.1) is 0 Å². The van der Waals surface area contributed by atoms with Crippen molar-refractivity contribution in [1.29, 1.82) is 0 Å². The van der Waals surface area contributed by atoms with Crippen LogP contribution in [0, 0.1) is 0 Å². The lowest BCUT2D eigenvalue weighted by molar-refractivity contribution is 0.422. The first kappa shape index (κ1) is 15.7. The topological polar surface area (TPSA) is 37.3 Å². The Balaban J connectivity index is 3.62.